The van der Waals surface area contributed by atoms with Crippen LogP contribution in [0.5, 0.6) is 11.5 Å². The smallest absolute Gasteiger partial charge is 0.239 e. The maximum absolute atomic E-state index is 11.9. The van der Waals surface area contributed by atoms with Crippen molar-refractivity contribution in [2.45, 2.75) is 6.54 Å². The molecule has 0 heterocycles. The first-order valence-corrected chi connectivity index (χ1v) is 7.47. The van der Waals surface area contributed by atoms with Crippen LogP contribution in [0.4, 0.5) is 5.69 Å². The predicted molar refractivity (Wildman–Crippen MR) is 91.3 cm³/mol. The zero-order chi connectivity index (χ0) is 16.7. The lowest BCUT2D eigenvalue weighted by Gasteiger charge is -2.11. The Morgan fingerprint density at radius 1 is 1.04 bits per heavy atom. The molecule has 1 amide bonds. The minimum absolute atomic E-state index is 0.102. The van der Waals surface area contributed by atoms with Crippen molar-refractivity contribution in [2.75, 3.05) is 26.1 Å². The highest BCUT2D eigenvalue weighted by atomic mass is 35.5. The van der Waals surface area contributed by atoms with Crippen molar-refractivity contribution >= 4 is 23.2 Å². The molecule has 0 radical (unpaired) electrons. The van der Waals surface area contributed by atoms with Gasteiger partial charge in [0, 0.05) is 17.3 Å². The van der Waals surface area contributed by atoms with Crippen LogP contribution in [0.15, 0.2) is 42.5 Å². The molecule has 0 aliphatic rings. The maximum Gasteiger partial charge on any atom is 0.239 e. The number of hydrogen-bond donors (Lipinski definition) is 2. The molecule has 0 saturated heterocycles. The van der Waals surface area contributed by atoms with E-state index in [2.05, 4.69) is 10.6 Å². The summed E-state index contributed by atoms with van der Waals surface area (Å²) in [4.78, 5) is 11.9. The fraction of sp³-hybridized carbons (Fsp3) is 0.235. The second-order valence-electron chi connectivity index (χ2n) is 4.83. The first-order chi connectivity index (χ1) is 11.1. The molecular formula is C17H19ClN2O3. The van der Waals surface area contributed by atoms with Crippen LogP contribution in [-0.2, 0) is 11.3 Å². The summed E-state index contributed by atoms with van der Waals surface area (Å²) < 4.78 is 10.4. The zero-order valence-corrected chi connectivity index (χ0v) is 13.8. The number of rotatable bonds is 7. The van der Waals surface area contributed by atoms with E-state index in [9.17, 15) is 4.79 Å². The van der Waals surface area contributed by atoms with Gasteiger partial charge < -0.3 is 20.1 Å². The molecule has 0 aliphatic carbocycles. The standard InChI is InChI=1S/C17H19ClN2O3/c1-22-15-8-3-12(9-16(15)23-2)10-20-17(21)11-19-14-6-4-13(18)5-7-14/h3-9,19H,10-11H2,1-2H3,(H,20,21). The number of halogens is 1. The van der Waals surface area contributed by atoms with E-state index >= 15 is 0 Å². The number of amides is 1. The van der Waals surface area contributed by atoms with Gasteiger partial charge in [0.2, 0.25) is 5.91 Å². The van der Waals surface area contributed by atoms with Crippen molar-refractivity contribution in [3.63, 3.8) is 0 Å². The molecule has 0 atom stereocenters. The molecule has 6 heteroatoms. The summed E-state index contributed by atoms with van der Waals surface area (Å²) in [5, 5.41) is 6.54. The highest BCUT2D eigenvalue weighted by molar-refractivity contribution is 6.30. The number of carbonyl (C=O) groups is 1. The third-order valence-corrected chi connectivity index (χ3v) is 3.49. The minimum Gasteiger partial charge on any atom is -0.493 e. The van der Waals surface area contributed by atoms with Gasteiger partial charge >= 0.3 is 0 Å². The van der Waals surface area contributed by atoms with E-state index in [4.69, 9.17) is 21.1 Å². The van der Waals surface area contributed by atoms with Crippen LogP contribution in [0, 0.1) is 0 Å². The highest BCUT2D eigenvalue weighted by Gasteiger charge is 2.06. The molecule has 0 bridgehead atoms. The largest absolute Gasteiger partial charge is 0.493 e. The van der Waals surface area contributed by atoms with Crippen molar-refractivity contribution in [3.05, 3.63) is 53.1 Å². The third-order valence-electron chi connectivity index (χ3n) is 3.23. The van der Waals surface area contributed by atoms with Gasteiger partial charge in [0.15, 0.2) is 11.5 Å². The van der Waals surface area contributed by atoms with Crippen LogP contribution >= 0.6 is 11.6 Å². The van der Waals surface area contributed by atoms with Gasteiger partial charge in [0.1, 0.15) is 0 Å². The van der Waals surface area contributed by atoms with Crippen LogP contribution in [0.3, 0.4) is 0 Å². The average Bonchev–Trinajstić information content (AvgIpc) is 2.59. The van der Waals surface area contributed by atoms with Crippen LogP contribution < -0.4 is 20.1 Å². The zero-order valence-electron chi connectivity index (χ0n) is 13.1. The molecule has 2 aromatic carbocycles. The molecule has 2 rings (SSSR count). The van der Waals surface area contributed by atoms with E-state index < -0.39 is 0 Å². The summed E-state index contributed by atoms with van der Waals surface area (Å²) in [6.07, 6.45) is 0. The van der Waals surface area contributed by atoms with Crippen LogP contribution in [0.1, 0.15) is 5.56 Å². The van der Waals surface area contributed by atoms with Crippen molar-refractivity contribution in [2.24, 2.45) is 0 Å². The Morgan fingerprint density at radius 2 is 1.74 bits per heavy atom. The van der Waals surface area contributed by atoms with Gasteiger partial charge in [0.05, 0.1) is 20.8 Å². The molecule has 0 fully saturated rings. The van der Waals surface area contributed by atoms with Gasteiger partial charge in [-0.05, 0) is 42.0 Å². The average molecular weight is 335 g/mol. The number of hydrogen-bond acceptors (Lipinski definition) is 4. The number of ether oxygens (including phenoxy) is 2. The first-order valence-electron chi connectivity index (χ1n) is 7.09. The second-order valence-corrected chi connectivity index (χ2v) is 5.26. The van der Waals surface area contributed by atoms with E-state index in [0.717, 1.165) is 11.3 Å². The number of methoxy groups -OCH3 is 2. The molecule has 0 spiro atoms. The lowest BCUT2D eigenvalue weighted by molar-refractivity contribution is -0.119. The van der Waals surface area contributed by atoms with Crippen LogP contribution in [0.25, 0.3) is 0 Å². The number of nitrogens with one attached hydrogen (secondary N) is 2. The molecule has 0 unspecified atom stereocenters. The van der Waals surface area contributed by atoms with E-state index in [-0.39, 0.29) is 12.5 Å². The van der Waals surface area contributed by atoms with Gasteiger partial charge in [-0.25, -0.2) is 0 Å². The number of benzene rings is 2. The molecule has 2 aromatic rings. The van der Waals surface area contributed by atoms with Gasteiger partial charge in [0.25, 0.3) is 0 Å². The fourth-order valence-electron chi connectivity index (χ4n) is 2.00. The second kappa shape index (κ2) is 8.29. The Kier molecular flexibility index (Phi) is 6.11. The lowest BCUT2D eigenvalue weighted by Crippen LogP contribution is -2.29. The highest BCUT2D eigenvalue weighted by Crippen LogP contribution is 2.27. The molecule has 0 saturated carbocycles. The third kappa shape index (κ3) is 5.07. The fourth-order valence-corrected chi connectivity index (χ4v) is 2.13. The van der Waals surface area contributed by atoms with E-state index in [1.165, 1.54) is 0 Å². The normalized spacial score (nSPS) is 10.0. The van der Waals surface area contributed by atoms with Crippen molar-refractivity contribution in [1.82, 2.24) is 5.32 Å². The summed E-state index contributed by atoms with van der Waals surface area (Å²) in [5.41, 5.74) is 1.78. The first kappa shape index (κ1) is 17.0. The number of anilines is 1. The summed E-state index contributed by atoms with van der Waals surface area (Å²) in [7, 11) is 3.16. The predicted octanol–water partition coefficient (Wildman–Crippen LogP) is 3.09. The van der Waals surface area contributed by atoms with Crippen molar-refractivity contribution < 1.29 is 14.3 Å². The molecule has 122 valence electrons. The lowest BCUT2D eigenvalue weighted by atomic mass is 10.2. The van der Waals surface area contributed by atoms with Gasteiger partial charge in [-0.1, -0.05) is 17.7 Å². The summed E-state index contributed by atoms with van der Waals surface area (Å²) in [5.74, 6) is 1.19. The Bertz CT molecular complexity index is 659. The molecule has 2 N–H and O–H groups in total. The van der Waals surface area contributed by atoms with E-state index in [0.29, 0.717) is 23.1 Å². The molecule has 0 aromatic heterocycles. The minimum atomic E-state index is -0.102. The Balaban J connectivity index is 1.83. The molecule has 5 nitrogen and oxygen atoms in total. The number of carbonyl (C=O) groups excluding carboxylic acids is 1. The summed E-state index contributed by atoms with van der Waals surface area (Å²) in [6, 6.07) is 12.7. The molecule has 23 heavy (non-hydrogen) atoms. The van der Waals surface area contributed by atoms with Gasteiger partial charge in [-0.3, -0.25) is 4.79 Å². The van der Waals surface area contributed by atoms with Crippen LogP contribution in [-0.4, -0.2) is 26.7 Å². The topological polar surface area (TPSA) is 59.6 Å². The molecule has 0 aliphatic heterocycles. The van der Waals surface area contributed by atoms with E-state index in [1.807, 2.05) is 30.3 Å². The SMILES string of the molecule is COc1ccc(CNC(=O)CNc2ccc(Cl)cc2)cc1OC. The van der Waals surface area contributed by atoms with E-state index in [1.54, 1.807) is 26.4 Å². The monoisotopic (exact) mass is 334 g/mol. The van der Waals surface area contributed by atoms with Gasteiger partial charge in [-0.15, -0.1) is 0 Å². The molecular weight excluding hydrogens is 316 g/mol. The van der Waals surface area contributed by atoms with Crippen LogP contribution in [0.2, 0.25) is 5.02 Å². The van der Waals surface area contributed by atoms with Crippen molar-refractivity contribution in [3.8, 4) is 11.5 Å². The Hall–Kier alpha value is -2.40. The summed E-state index contributed by atoms with van der Waals surface area (Å²) in [6.45, 7) is 0.608. The van der Waals surface area contributed by atoms with Crippen molar-refractivity contribution in [1.29, 1.82) is 0 Å². The Morgan fingerprint density at radius 3 is 2.39 bits per heavy atom. The summed E-state index contributed by atoms with van der Waals surface area (Å²) >= 11 is 5.81. The Labute approximate surface area is 140 Å². The maximum atomic E-state index is 11.9. The van der Waals surface area contributed by atoms with Gasteiger partial charge in [-0.2, -0.15) is 0 Å². The quantitative estimate of drug-likeness (QED) is 0.817.